The van der Waals surface area contributed by atoms with Crippen LogP contribution in [0.5, 0.6) is 0 Å². The number of rotatable bonds is 2. The van der Waals surface area contributed by atoms with Gasteiger partial charge in [-0.3, -0.25) is 4.79 Å². The second-order valence-corrected chi connectivity index (χ2v) is 6.29. The molecule has 2 aromatic rings. The van der Waals surface area contributed by atoms with Gasteiger partial charge in [-0.05, 0) is 41.2 Å². The summed E-state index contributed by atoms with van der Waals surface area (Å²) in [6, 6.07) is 8.43. The molecule has 1 aliphatic carbocycles. The molecule has 1 aromatic carbocycles. The molecule has 2 atom stereocenters. The Kier molecular flexibility index (Phi) is 3.56. The first kappa shape index (κ1) is 12.7. The second kappa shape index (κ2) is 5.33. The molecule has 2 nitrogen and oxygen atoms in total. The smallest absolute Gasteiger partial charge is 0.307 e. The number of hydrogen-bond donors (Lipinski definition) is 1. The average Bonchev–Trinajstić information content (AvgIpc) is 2.74. The van der Waals surface area contributed by atoms with Gasteiger partial charge in [0.05, 0.1) is 5.92 Å². The summed E-state index contributed by atoms with van der Waals surface area (Å²) in [5.74, 6) is -0.655. The number of benzene rings is 1. The van der Waals surface area contributed by atoms with Crippen molar-refractivity contribution in [2.45, 2.75) is 38.0 Å². The minimum atomic E-state index is -0.625. The highest BCUT2D eigenvalue weighted by Gasteiger charge is 2.31. The molecular formula is C16H18O2S. The van der Waals surface area contributed by atoms with Crippen LogP contribution in [-0.4, -0.2) is 11.1 Å². The predicted octanol–water partition coefficient (Wildman–Crippen LogP) is 4.65. The second-order valence-electron chi connectivity index (χ2n) is 5.38. The first-order chi connectivity index (χ1) is 9.27. The molecule has 100 valence electrons. The summed E-state index contributed by atoms with van der Waals surface area (Å²) in [4.78, 5) is 11.6. The zero-order valence-electron chi connectivity index (χ0n) is 10.8. The Morgan fingerprint density at radius 3 is 2.84 bits per heavy atom. The summed E-state index contributed by atoms with van der Waals surface area (Å²) >= 11 is 1.74. The van der Waals surface area contributed by atoms with Gasteiger partial charge in [0.25, 0.3) is 0 Å². The zero-order chi connectivity index (χ0) is 13.2. The van der Waals surface area contributed by atoms with E-state index >= 15 is 0 Å². The third-order valence-electron chi connectivity index (χ3n) is 4.24. The van der Waals surface area contributed by atoms with Crippen LogP contribution in [0.2, 0.25) is 0 Å². The van der Waals surface area contributed by atoms with Crippen molar-refractivity contribution < 1.29 is 9.90 Å². The van der Waals surface area contributed by atoms with Gasteiger partial charge in [0.2, 0.25) is 0 Å². The molecule has 0 bridgehead atoms. The minimum Gasteiger partial charge on any atom is -0.481 e. The third kappa shape index (κ3) is 2.39. The van der Waals surface area contributed by atoms with Gasteiger partial charge >= 0.3 is 5.97 Å². The normalized spacial score (nSPS) is 24.2. The van der Waals surface area contributed by atoms with Crippen LogP contribution in [0.25, 0.3) is 10.1 Å². The maximum absolute atomic E-state index is 11.6. The Morgan fingerprint density at radius 2 is 2.00 bits per heavy atom. The Hall–Kier alpha value is -1.35. The largest absolute Gasteiger partial charge is 0.481 e. The van der Waals surface area contributed by atoms with E-state index in [9.17, 15) is 9.90 Å². The van der Waals surface area contributed by atoms with Crippen molar-refractivity contribution in [3.8, 4) is 0 Å². The van der Waals surface area contributed by atoms with E-state index in [1.165, 1.54) is 22.1 Å². The van der Waals surface area contributed by atoms with Crippen molar-refractivity contribution in [1.82, 2.24) is 0 Å². The molecule has 0 amide bonds. The molecule has 3 heteroatoms. The number of hydrogen-bond acceptors (Lipinski definition) is 2. The third-order valence-corrected chi connectivity index (χ3v) is 5.22. The fourth-order valence-electron chi connectivity index (χ4n) is 3.28. The summed E-state index contributed by atoms with van der Waals surface area (Å²) in [7, 11) is 0. The van der Waals surface area contributed by atoms with Crippen LogP contribution in [-0.2, 0) is 4.79 Å². The molecule has 0 spiro atoms. The molecule has 1 heterocycles. The van der Waals surface area contributed by atoms with E-state index in [1.54, 1.807) is 11.3 Å². The average molecular weight is 274 g/mol. The number of thiophene rings is 1. The standard InChI is InChI=1S/C16H18O2S/c17-16(18)14-7-3-1-2-6-12(14)13-8-4-5-11-9-10-19-15(11)13/h4-5,8-10,12,14H,1-3,6-7H2,(H,17,18). The maximum Gasteiger partial charge on any atom is 0.307 e. The Morgan fingerprint density at radius 1 is 1.16 bits per heavy atom. The van der Waals surface area contributed by atoms with Crippen LogP contribution in [0.1, 0.15) is 43.6 Å². The first-order valence-corrected chi connectivity index (χ1v) is 7.84. The molecule has 0 aliphatic heterocycles. The lowest BCUT2D eigenvalue weighted by Gasteiger charge is -2.22. The first-order valence-electron chi connectivity index (χ1n) is 6.96. The lowest BCUT2D eigenvalue weighted by atomic mass is 9.82. The molecular weight excluding hydrogens is 256 g/mol. The minimum absolute atomic E-state index is 0.183. The summed E-state index contributed by atoms with van der Waals surface area (Å²) in [6.07, 6.45) is 5.19. The van der Waals surface area contributed by atoms with Crippen LogP contribution < -0.4 is 0 Å². The monoisotopic (exact) mass is 274 g/mol. The molecule has 1 saturated carbocycles. The van der Waals surface area contributed by atoms with Crippen molar-refractivity contribution in [2.24, 2.45) is 5.92 Å². The molecule has 2 unspecified atom stereocenters. The van der Waals surface area contributed by atoms with Crippen LogP contribution >= 0.6 is 11.3 Å². The van der Waals surface area contributed by atoms with Crippen LogP contribution in [0.3, 0.4) is 0 Å². The van der Waals surface area contributed by atoms with E-state index in [1.807, 2.05) is 0 Å². The fraction of sp³-hybridized carbons (Fsp3) is 0.438. The number of fused-ring (bicyclic) bond motifs is 1. The van der Waals surface area contributed by atoms with E-state index in [2.05, 4.69) is 29.6 Å². The number of carboxylic acids is 1. The Bertz CT molecular complexity index is 587. The highest BCUT2D eigenvalue weighted by atomic mass is 32.1. The van der Waals surface area contributed by atoms with Crippen LogP contribution in [0, 0.1) is 5.92 Å². The van der Waals surface area contributed by atoms with E-state index < -0.39 is 5.97 Å². The molecule has 0 saturated heterocycles. The van der Waals surface area contributed by atoms with Gasteiger partial charge in [0, 0.05) is 4.70 Å². The molecule has 19 heavy (non-hydrogen) atoms. The SMILES string of the molecule is O=C(O)C1CCCCCC1c1cccc2ccsc12. The van der Waals surface area contributed by atoms with Gasteiger partial charge < -0.3 is 5.11 Å². The Balaban J connectivity index is 2.06. The number of carboxylic acid groups (broad SMARTS) is 1. The van der Waals surface area contributed by atoms with Gasteiger partial charge in [-0.25, -0.2) is 0 Å². The topological polar surface area (TPSA) is 37.3 Å². The zero-order valence-corrected chi connectivity index (χ0v) is 11.7. The highest BCUT2D eigenvalue weighted by molar-refractivity contribution is 7.17. The molecule has 1 aromatic heterocycles. The van der Waals surface area contributed by atoms with E-state index in [4.69, 9.17) is 0 Å². The van der Waals surface area contributed by atoms with Gasteiger partial charge in [-0.1, -0.05) is 37.5 Å². The van der Waals surface area contributed by atoms with Crippen LogP contribution in [0.15, 0.2) is 29.6 Å². The molecule has 1 aliphatic rings. The summed E-state index contributed by atoms with van der Waals surface area (Å²) in [6.45, 7) is 0. The van der Waals surface area contributed by atoms with Crippen molar-refractivity contribution in [3.63, 3.8) is 0 Å². The van der Waals surface area contributed by atoms with Gasteiger partial charge in [-0.2, -0.15) is 0 Å². The van der Waals surface area contributed by atoms with Crippen molar-refractivity contribution in [1.29, 1.82) is 0 Å². The number of aliphatic carboxylic acids is 1. The van der Waals surface area contributed by atoms with Crippen molar-refractivity contribution in [2.75, 3.05) is 0 Å². The van der Waals surface area contributed by atoms with Gasteiger partial charge in [0.1, 0.15) is 0 Å². The van der Waals surface area contributed by atoms with Gasteiger partial charge in [0.15, 0.2) is 0 Å². The van der Waals surface area contributed by atoms with E-state index in [0.29, 0.717) is 0 Å². The number of carbonyl (C=O) groups is 1. The predicted molar refractivity (Wildman–Crippen MR) is 78.8 cm³/mol. The highest BCUT2D eigenvalue weighted by Crippen LogP contribution is 2.40. The van der Waals surface area contributed by atoms with E-state index in [0.717, 1.165) is 25.7 Å². The summed E-state index contributed by atoms with van der Waals surface area (Å²) < 4.78 is 1.28. The molecule has 3 rings (SSSR count). The van der Waals surface area contributed by atoms with E-state index in [-0.39, 0.29) is 11.8 Å². The molecule has 1 N–H and O–H groups in total. The van der Waals surface area contributed by atoms with Crippen LogP contribution in [0.4, 0.5) is 0 Å². The summed E-state index contributed by atoms with van der Waals surface area (Å²) in [5.41, 5.74) is 1.25. The molecule has 0 radical (unpaired) electrons. The maximum atomic E-state index is 11.6. The summed E-state index contributed by atoms with van der Waals surface area (Å²) in [5, 5.41) is 12.9. The fourth-order valence-corrected chi connectivity index (χ4v) is 4.26. The van der Waals surface area contributed by atoms with Crippen molar-refractivity contribution >= 4 is 27.4 Å². The lowest BCUT2D eigenvalue weighted by Crippen LogP contribution is -2.21. The molecule has 1 fully saturated rings. The Labute approximate surface area is 117 Å². The lowest BCUT2D eigenvalue weighted by molar-refractivity contribution is -0.142. The van der Waals surface area contributed by atoms with Crippen molar-refractivity contribution in [3.05, 3.63) is 35.2 Å². The van der Waals surface area contributed by atoms with Gasteiger partial charge in [-0.15, -0.1) is 11.3 Å². The quantitative estimate of drug-likeness (QED) is 0.809.